The lowest BCUT2D eigenvalue weighted by Crippen LogP contribution is -2.03. The molecule has 0 unspecified atom stereocenters. The first kappa shape index (κ1) is 19.7. The van der Waals surface area contributed by atoms with Crippen LogP contribution in [0.2, 0.25) is 0 Å². The molecule has 0 aliphatic carbocycles. The van der Waals surface area contributed by atoms with Crippen molar-refractivity contribution >= 4 is 67.2 Å². The van der Waals surface area contributed by atoms with Gasteiger partial charge in [0.2, 0.25) is 0 Å². The second-order valence-corrected chi connectivity index (χ2v) is 7.24. The van der Waals surface area contributed by atoms with Crippen molar-refractivity contribution in [2.45, 2.75) is 0 Å². The lowest BCUT2D eigenvalue weighted by molar-refractivity contribution is 0.0821. The zero-order valence-corrected chi connectivity index (χ0v) is 15.8. The summed E-state index contributed by atoms with van der Waals surface area (Å²) in [6, 6.07) is 2.22. The summed E-state index contributed by atoms with van der Waals surface area (Å²) >= 11 is 0. The third-order valence-corrected chi connectivity index (χ3v) is 5.75. The molecule has 8 heteroatoms. The quantitative estimate of drug-likeness (QED) is 0.146. The Labute approximate surface area is 175 Å². The fourth-order valence-corrected chi connectivity index (χ4v) is 4.54. The van der Waals surface area contributed by atoms with Gasteiger partial charge in [-0.2, -0.15) is 17.6 Å². The van der Waals surface area contributed by atoms with E-state index in [2.05, 4.69) is 0 Å². The van der Waals surface area contributed by atoms with Crippen LogP contribution in [-0.2, 0) is 0 Å². The molecular weight excluding hydrogens is 428 g/mol. The van der Waals surface area contributed by atoms with Crippen LogP contribution < -0.4 is 0 Å². The Balaban J connectivity index is 2.17. The minimum Gasteiger partial charge on any atom is -0.255 e. The number of rotatable bonds is 4. The molecule has 5 aromatic rings. The van der Waals surface area contributed by atoms with Gasteiger partial charge in [0.1, 0.15) is 0 Å². The largest absolute Gasteiger partial charge is 0.332 e. The Bertz CT molecular complexity index is 1450. The van der Waals surface area contributed by atoms with Gasteiger partial charge in [-0.15, -0.1) is 0 Å². The molecule has 0 spiro atoms. The van der Waals surface area contributed by atoms with Gasteiger partial charge in [0, 0.05) is 10.8 Å². The van der Waals surface area contributed by atoms with Gasteiger partial charge < -0.3 is 0 Å². The highest BCUT2D eigenvalue weighted by molar-refractivity contribution is 6.38. The maximum Gasteiger partial charge on any atom is 0.332 e. The molecular formula is C24H8F4O4. The maximum absolute atomic E-state index is 13.8. The summed E-state index contributed by atoms with van der Waals surface area (Å²) in [7, 11) is 0. The highest BCUT2D eigenvalue weighted by atomic mass is 19.1. The second-order valence-electron chi connectivity index (χ2n) is 7.24. The number of carbonyl (C=O) groups excluding carboxylic acids is 4. The molecule has 156 valence electrons. The SMILES string of the molecule is O=C(F)c1ccc2c3ccc(C(=O)F)c4c(C(=O)F)ccc(c5ccc(C(=O)F)c1c25)c43. The zero-order valence-electron chi connectivity index (χ0n) is 15.8. The average molecular weight is 436 g/mol. The molecule has 0 atom stereocenters. The fraction of sp³-hybridized carbons (Fsp3) is 0. The number of hydrogen-bond acceptors (Lipinski definition) is 4. The summed E-state index contributed by atoms with van der Waals surface area (Å²) in [6.07, 6.45) is 0. The number of fused-ring (bicyclic) bond motifs is 2. The van der Waals surface area contributed by atoms with E-state index in [9.17, 15) is 36.7 Å². The smallest absolute Gasteiger partial charge is 0.255 e. The van der Waals surface area contributed by atoms with E-state index in [1.54, 1.807) is 0 Å². The maximum atomic E-state index is 13.8. The van der Waals surface area contributed by atoms with Crippen molar-refractivity contribution in [3.63, 3.8) is 0 Å². The van der Waals surface area contributed by atoms with Crippen LogP contribution in [0.4, 0.5) is 17.6 Å². The second kappa shape index (κ2) is 6.65. The standard InChI is InChI=1S/C24H8F4O4/c25-21(29)13-5-1-9-10-2-6-15(23(27)31)20-16(24(28)32)8-4-12(18(10)20)11-3-7-14(22(26)30)19(13)17(9)11/h1-8H. The number of hydrogen-bond donors (Lipinski definition) is 0. The van der Waals surface area contributed by atoms with Gasteiger partial charge in [-0.05, 0) is 56.6 Å². The normalized spacial score (nSPS) is 11.6. The van der Waals surface area contributed by atoms with Gasteiger partial charge in [-0.25, -0.2) is 0 Å². The number of benzene rings is 5. The molecule has 0 saturated carbocycles. The number of carbonyl (C=O) groups is 4. The van der Waals surface area contributed by atoms with Crippen LogP contribution in [0.1, 0.15) is 41.4 Å². The zero-order chi connectivity index (χ0) is 22.9. The Morgan fingerprint density at radius 2 is 0.594 bits per heavy atom. The molecule has 5 rings (SSSR count). The third-order valence-electron chi connectivity index (χ3n) is 5.75. The summed E-state index contributed by atoms with van der Waals surface area (Å²) < 4.78 is 55.1. The minimum atomic E-state index is -1.87. The summed E-state index contributed by atoms with van der Waals surface area (Å²) in [4.78, 5) is 46.3. The van der Waals surface area contributed by atoms with Crippen LogP contribution in [0, 0.1) is 0 Å². The lowest BCUT2D eigenvalue weighted by atomic mass is 9.84. The van der Waals surface area contributed by atoms with Crippen molar-refractivity contribution in [2.24, 2.45) is 0 Å². The van der Waals surface area contributed by atoms with E-state index in [0.29, 0.717) is 21.5 Å². The van der Waals surface area contributed by atoms with E-state index in [0.717, 1.165) is 24.3 Å². The molecule has 0 bridgehead atoms. The van der Waals surface area contributed by atoms with Gasteiger partial charge in [-0.3, -0.25) is 19.2 Å². The molecule has 0 aromatic heterocycles. The van der Waals surface area contributed by atoms with Gasteiger partial charge >= 0.3 is 24.1 Å². The average Bonchev–Trinajstić information content (AvgIpc) is 2.75. The van der Waals surface area contributed by atoms with Crippen molar-refractivity contribution in [2.75, 3.05) is 0 Å². The Morgan fingerprint density at radius 3 is 0.781 bits per heavy atom. The predicted molar refractivity (Wildman–Crippen MR) is 109 cm³/mol. The Kier molecular flexibility index (Phi) is 4.10. The van der Waals surface area contributed by atoms with Crippen molar-refractivity contribution in [1.29, 1.82) is 0 Å². The van der Waals surface area contributed by atoms with Crippen LogP contribution >= 0.6 is 0 Å². The van der Waals surface area contributed by atoms with Gasteiger partial charge in [0.15, 0.2) is 0 Å². The topological polar surface area (TPSA) is 68.3 Å². The van der Waals surface area contributed by atoms with Gasteiger partial charge in [0.25, 0.3) is 0 Å². The molecule has 4 nitrogen and oxygen atoms in total. The highest BCUT2D eigenvalue weighted by Crippen LogP contribution is 2.44. The third kappa shape index (κ3) is 2.49. The van der Waals surface area contributed by atoms with E-state index < -0.39 is 46.4 Å². The first-order valence-corrected chi connectivity index (χ1v) is 9.22. The van der Waals surface area contributed by atoms with Gasteiger partial charge in [-0.1, -0.05) is 24.3 Å². The molecule has 0 N–H and O–H groups in total. The molecule has 0 fully saturated rings. The molecule has 5 aromatic carbocycles. The predicted octanol–water partition coefficient (Wildman–Crippen LogP) is 6.18. The van der Waals surface area contributed by atoms with Crippen LogP contribution in [0.3, 0.4) is 0 Å². The fourth-order valence-electron chi connectivity index (χ4n) is 4.54. The van der Waals surface area contributed by atoms with E-state index in [1.165, 1.54) is 24.3 Å². The van der Waals surface area contributed by atoms with Crippen molar-refractivity contribution in [3.8, 4) is 0 Å². The summed E-state index contributed by atoms with van der Waals surface area (Å²) in [5.41, 5.74) is -2.07. The van der Waals surface area contributed by atoms with Crippen LogP contribution in [0.15, 0.2) is 48.5 Å². The Morgan fingerprint density at radius 1 is 0.375 bits per heavy atom. The summed E-state index contributed by atoms with van der Waals surface area (Å²) in [6.45, 7) is 0. The molecule has 0 heterocycles. The van der Waals surface area contributed by atoms with Crippen LogP contribution in [-0.4, -0.2) is 24.1 Å². The van der Waals surface area contributed by atoms with E-state index in [-0.39, 0.29) is 21.5 Å². The van der Waals surface area contributed by atoms with Crippen molar-refractivity contribution in [3.05, 3.63) is 70.8 Å². The molecule has 0 aliphatic rings. The molecule has 0 saturated heterocycles. The monoisotopic (exact) mass is 436 g/mol. The van der Waals surface area contributed by atoms with E-state index in [4.69, 9.17) is 0 Å². The van der Waals surface area contributed by atoms with E-state index in [1.807, 2.05) is 0 Å². The Hall–Kier alpha value is -4.20. The first-order valence-electron chi connectivity index (χ1n) is 9.22. The highest BCUT2D eigenvalue weighted by Gasteiger charge is 2.25. The minimum absolute atomic E-state index is 0.185. The number of halogens is 4. The van der Waals surface area contributed by atoms with Crippen LogP contribution in [0.5, 0.6) is 0 Å². The molecule has 0 aliphatic heterocycles. The van der Waals surface area contributed by atoms with Crippen LogP contribution in [0.25, 0.3) is 43.1 Å². The molecule has 0 amide bonds. The van der Waals surface area contributed by atoms with Gasteiger partial charge in [0.05, 0.1) is 22.3 Å². The molecule has 0 radical (unpaired) electrons. The summed E-state index contributed by atoms with van der Waals surface area (Å²) in [5.74, 6) is 0. The molecule has 32 heavy (non-hydrogen) atoms. The lowest BCUT2D eigenvalue weighted by Gasteiger charge is -2.18. The summed E-state index contributed by atoms with van der Waals surface area (Å²) in [5, 5.41) is 1.12. The van der Waals surface area contributed by atoms with Crippen molar-refractivity contribution < 1.29 is 36.7 Å². The van der Waals surface area contributed by atoms with E-state index >= 15 is 0 Å². The first-order chi connectivity index (χ1) is 15.2. The van der Waals surface area contributed by atoms with Crippen molar-refractivity contribution in [1.82, 2.24) is 0 Å².